The lowest BCUT2D eigenvalue weighted by Gasteiger charge is -2.37. The van der Waals surface area contributed by atoms with Crippen LogP contribution in [0.3, 0.4) is 0 Å². The van der Waals surface area contributed by atoms with Gasteiger partial charge in [0.15, 0.2) is 0 Å². The summed E-state index contributed by atoms with van der Waals surface area (Å²) in [6, 6.07) is 0. The molecule has 0 aliphatic carbocycles. The molecule has 1 aliphatic heterocycles. The van der Waals surface area contributed by atoms with E-state index in [0.717, 1.165) is 5.70 Å². The van der Waals surface area contributed by atoms with Crippen LogP contribution in [0.1, 0.15) is 41.5 Å². The Morgan fingerprint density at radius 3 is 1.62 bits per heavy atom. The second-order valence-electron chi connectivity index (χ2n) is 7.08. The first kappa shape index (κ1) is 13.3. The maximum absolute atomic E-state index is 12.3. The molecule has 2 heteroatoms. The smallest absolute Gasteiger partial charge is 0.230 e. The number of hydrogen-bond donors (Lipinski definition) is 0. The van der Waals surface area contributed by atoms with Crippen LogP contribution in [0, 0.1) is 22.7 Å². The van der Waals surface area contributed by atoms with Gasteiger partial charge < -0.3 is 4.90 Å². The third kappa shape index (κ3) is 2.02. The molecule has 2 nitrogen and oxygen atoms in total. The van der Waals surface area contributed by atoms with Gasteiger partial charge in [0.05, 0.1) is 5.92 Å². The number of carbonyl (C=O) groups excluding carboxylic acids is 1. The molecule has 2 unspecified atom stereocenters. The van der Waals surface area contributed by atoms with Crippen LogP contribution in [-0.2, 0) is 4.79 Å². The summed E-state index contributed by atoms with van der Waals surface area (Å²) < 4.78 is 0. The molecule has 0 aromatic heterocycles. The Hall–Kier alpha value is -0.790. The standard InChI is InChI=1S/C14H25NO/c1-9-10(13(2,3)4)11(14(5,6)7)12(16)15(9)8/h10-11H,1H2,2-8H3. The highest BCUT2D eigenvalue weighted by molar-refractivity contribution is 5.85. The average Bonchev–Trinajstić information content (AvgIpc) is 2.27. The number of carbonyl (C=O) groups is 1. The number of hydrogen-bond acceptors (Lipinski definition) is 1. The van der Waals surface area contributed by atoms with Crippen molar-refractivity contribution in [1.29, 1.82) is 0 Å². The predicted molar refractivity (Wildman–Crippen MR) is 67.8 cm³/mol. The molecule has 0 N–H and O–H groups in total. The largest absolute Gasteiger partial charge is 0.319 e. The van der Waals surface area contributed by atoms with Crippen LogP contribution in [0.15, 0.2) is 12.3 Å². The first-order valence-corrected chi connectivity index (χ1v) is 5.94. The molecule has 0 saturated carbocycles. The minimum absolute atomic E-state index is 0.0112. The van der Waals surface area contributed by atoms with Crippen molar-refractivity contribution in [2.75, 3.05) is 7.05 Å². The Balaban J connectivity index is 3.23. The predicted octanol–water partition coefficient (Wildman–Crippen LogP) is 3.30. The molecule has 1 rings (SSSR count). The minimum Gasteiger partial charge on any atom is -0.319 e. The molecule has 0 spiro atoms. The molecule has 92 valence electrons. The topological polar surface area (TPSA) is 20.3 Å². The van der Waals surface area contributed by atoms with E-state index in [2.05, 4.69) is 48.1 Å². The number of nitrogens with zero attached hydrogens (tertiary/aromatic N) is 1. The number of rotatable bonds is 0. The van der Waals surface area contributed by atoms with Crippen molar-refractivity contribution in [1.82, 2.24) is 4.90 Å². The Bertz CT molecular complexity index is 285. The monoisotopic (exact) mass is 223 g/mol. The quantitative estimate of drug-likeness (QED) is 0.617. The first-order valence-electron chi connectivity index (χ1n) is 5.94. The zero-order valence-electron chi connectivity index (χ0n) is 11.7. The van der Waals surface area contributed by atoms with E-state index in [1.165, 1.54) is 0 Å². The van der Waals surface area contributed by atoms with Gasteiger partial charge in [-0.15, -0.1) is 0 Å². The molecule has 0 aromatic carbocycles. The van der Waals surface area contributed by atoms with Crippen molar-refractivity contribution in [2.24, 2.45) is 22.7 Å². The number of likely N-dealkylation sites (tertiary alicyclic amines) is 1. The van der Waals surface area contributed by atoms with E-state index < -0.39 is 0 Å². The van der Waals surface area contributed by atoms with E-state index in [1.54, 1.807) is 4.90 Å². The molecule has 1 fully saturated rings. The summed E-state index contributed by atoms with van der Waals surface area (Å²) in [6.45, 7) is 17.1. The van der Waals surface area contributed by atoms with Crippen molar-refractivity contribution in [2.45, 2.75) is 41.5 Å². The van der Waals surface area contributed by atoms with Gasteiger partial charge in [-0.1, -0.05) is 48.1 Å². The second-order valence-corrected chi connectivity index (χ2v) is 7.08. The fourth-order valence-electron chi connectivity index (χ4n) is 2.76. The zero-order chi connectivity index (χ0) is 12.9. The molecule has 0 radical (unpaired) electrons. The maximum atomic E-state index is 12.3. The van der Waals surface area contributed by atoms with E-state index in [-0.39, 0.29) is 28.6 Å². The van der Waals surface area contributed by atoms with Gasteiger partial charge in [0, 0.05) is 18.7 Å². The Morgan fingerprint density at radius 1 is 1.00 bits per heavy atom. The highest BCUT2D eigenvalue weighted by atomic mass is 16.2. The third-order valence-corrected chi connectivity index (χ3v) is 3.59. The highest BCUT2D eigenvalue weighted by Crippen LogP contribution is 2.50. The average molecular weight is 223 g/mol. The van der Waals surface area contributed by atoms with E-state index in [0.29, 0.717) is 0 Å². The lowest BCUT2D eigenvalue weighted by Crippen LogP contribution is -2.36. The van der Waals surface area contributed by atoms with Crippen LogP contribution in [0.2, 0.25) is 0 Å². The Kier molecular flexibility index (Phi) is 3.00. The molecule has 0 bridgehead atoms. The Morgan fingerprint density at radius 2 is 1.38 bits per heavy atom. The van der Waals surface area contributed by atoms with E-state index in [4.69, 9.17) is 0 Å². The fourth-order valence-corrected chi connectivity index (χ4v) is 2.76. The lowest BCUT2D eigenvalue weighted by atomic mass is 9.65. The van der Waals surface area contributed by atoms with Crippen molar-refractivity contribution >= 4 is 5.91 Å². The molecular weight excluding hydrogens is 198 g/mol. The van der Waals surface area contributed by atoms with Gasteiger partial charge in [-0.25, -0.2) is 0 Å². The van der Waals surface area contributed by atoms with E-state index >= 15 is 0 Å². The highest BCUT2D eigenvalue weighted by Gasteiger charge is 2.51. The summed E-state index contributed by atoms with van der Waals surface area (Å²) in [6.07, 6.45) is 0. The SMILES string of the molecule is C=C1C(C(C)(C)C)C(C(C)(C)C)C(=O)N1C. The van der Waals surface area contributed by atoms with Gasteiger partial charge in [0.2, 0.25) is 5.91 Å². The fraction of sp³-hybridized carbons (Fsp3) is 0.786. The zero-order valence-corrected chi connectivity index (χ0v) is 11.7. The lowest BCUT2D eigenvalue weighted by molar-refractivity contribution is -0.133. The van der Waals surface area contributed by atoms with Gasteiger partial charge in [0.1, 0.15) is 0 Å². The van der Waals surface area contributed by atoms with E-state index in [1.807, 2.05) is 7.05 Å². The molecule has 1 saturated heterocycles. The third-order valence-electron chi connectivity index (χ3n) is 3.59. The molecule has 0 aromatic rings. The van der Waals surface area contributed by atoms with Crippen LogP contribution in [0.4, 0.5) is 0 Å². The second kappa shape index (κ2) is 3.61. The van der Waals surface area contributed by atoms with Crippen molar-refractivity contribution in [3.05, 3.63) is 12.3 Å². The van der Waals surface area contributed by atoms with Gasteiger partial charge in [-0.3, -0.25) is 4.79 Å². The summed E-state index contributed by atoms with van der Waals surface area (Å²) in [7, 11) is 1.84. The van der Waals surface area contributed by atoms with E-state index in [9.17, 15) is 4.79 Å². The van der Waals surface area contributed by atoms with Crippen molar-refractivity contribution in [3.63, 3.8) is 0 Å². The summed E-state index contributed by atoms with van der Waals surface area (Å²) in [5.41, 5.74) is 1.04. The van der Waals surface area contributed by atoms with Crippen molar-refractivity contribution < 1.29 is 4.79 Å². The van der Waals surface area contributed by atoms with Crippen LogP contribution in [-0.4, -0.2) is 17.9 Å². The van der Waals surface area contributed by atoms with Gasteiger partial charge in [-0.05, 0) is 10.8 Å². The van der Waals surface area contributed by atoms with Crippen LogP contribution in [0.5, 0.6) is 0 Å². The minimum atomic E-state index is -0.0112. The number of allylic oxidation sites excluding steroid dienone is 1. The molecule has 16 heavy (non-hydrogen) atoms. The molecule has 1 heterocycles. The summed E-state index contributed by atoms with van der Waals surface area (Å²) in [4.78, 5) is 14.0. The molecule has 1 amide bonds. The van der Waals surface area contributed by atoms with Gasteiger partial charge >= 0.3 is 0 Å². The van der Waals surface area contributed by atoms with Crippen LogP contribution in [0.25, 0.3) is 0 Å². The number of amides is 1. The van der Waals surface area contributed by atoms with Crippen LogP contribution < -0.4 is 0 Å². The summed E-state index contributed by atoms with van der Waals surface area (Å²) >= 11 is 0. The first-order chi connectivity index (χ1) is 6.98. The van der Waals surface area contributed by atoms with Gasteiger partial charge in [0.25, 0.3) is 0 Å². The molecule has 2 atom stereocenters. The summed E-state index contributed by atoms with van der Waals surface area (Å²) in [5, 5.41) is 0. The maximum Gasteiger partial charge on any atom is 0.230 e. The van der Waals surface area contributed by atoms with Gasteiger partial charge in [-0.2, -0.15) is 0 Å². The normalized spacial score (nSPS) is 27.8. The van der Waals surface area contributed by atoms with Crippen molar-refractivity contribution in [3.8, 4) is 0 Å². The molecule has 1 aliphatic rings. The summed E-state index contributed by atoms with van der Waals surface area (Å²) in [5.74, 6) is 0.507. The van der Waals surface area contributed by atoms with Crippen LogP contribution >= 0.6 is 0 Å². The molecular formula is C14H25NO. The Labute approximate surface area is 99.7 Å².